The molecule has 2 amide bonds. The number of halogens is 1. The average molecular weight is 517 g/mol. The van der Waals surface area contributed by atoms with Crippen molar-refractivity contribution in [3.8, 4) is 0 Å². The van der Waals surface area contributed by atoms with Gasteiger partial charge in [0.1, 0.15) is 6.04 Å². The van der Waals surface area contributed by atoms with Crippen LogP contribution in [0.15, 0.2) is 75.6 Å². The number of allylic oxidation sites excluding steroid dienone is 1. The van der Waals surface area contributed by atoms with Crippen LogP contribution in [0.2, 0.25) is 0 Å². The van der Waals surface area contributed by atoms with Crippen LogP contribution >= 0.6 is 15.9 Å². The molecule has 1 atom stereocenters. The van der Waals surface area contributed by atoms with E-state index in [4.69, 9.17) is 0 Å². The second-order valence-corrected chi connectivity index (χ2v) is 10.9. The number of sulfonamides is 1. The summed E-state index contributed by atoms with van der Waals surface area (Å²) in [6.45, 7) is 0.163. The Morgan fingerprint density at radius 2 is 1.72 bits per heavy atom. The fourth-order valence-corrected chi connectivity index (χ4v) is 6.11. The Bertz CT molecular complexity index is 1130. The maximum atomic E-state index is 13.6. The Morgan fingerprint density at radius 1 is 1.00 bits per heavy atom. The summed E-state index contributed by atoms with van der Waals surface area (Å²) in [6, 6.07) is 13.9. The topological polar surface area (TPSA) is 74.8 Å². The lowest BCUT2D eigenvalue weighted by molar-refractivity contribution is -0.122. The van der Waals surface area contributed by atoms with Crippen molar-refractivity contribution in [2.24, 2.45) is 0 Å². The predicted octanol–water partition coefficient (Wildman–Crippen LogP) is 4.66. The zero-order valence-corrected chi connectivity index (χ0v) is 20.0. The van der Waals surface area contributed by atoms with Gasteiger partial charge in [0.25, 0.3) is 5.91 Å². The Morgan fingerprint density at radius 3 is 2.38 bits per heavy atom. The summed E-state index contributed by atoms with van der Waals surface area (Å²) in [4.78, 5) is 27.3. The monoisotopic (exact) mass is 516 g/mol. The van der Waals surface area contributed by atoms with Crippen molar-refractivity contribution >= 4 is 43.5 Å². The number of hydrogen-bond donors (Lipinski definition) is 0. The molecule has 6 nitrogen and oxygen atoms in total. The summed E-state index contributed by atoms with van der Waals surface area (Å²) in [5, 5.41) is 0. The van der Waals surface area contributed by atoms with Gasteiger partial charge in [-0.3, -0.25) is 9.59 Å². The molecule has 168 valence electrons. The van der Waals surface area contributed by atoms with Crippen molar-refractivity contribution in [1.29, 1.82) is 0 Å². The summed E-state index contributed by atoms with van der Waals surface area (Å²) < 4.78 is 29.2. The molecule has 2 aliphatic rings. The molecule has 4 rings (SSSR count). The fourth-order valence-electron chi connectivity index (χ4n) is 4.26. The molecule has 1 saturated heterocycles. The van der Waals surface area contributed by atoms with Crippen molar-refractivity contribution in [1.82, 2.24) is 4.31 Å². The zero-order valence-electron chi connectivity index (χ0n) is 17.6. The normalized spacial score (nSPS) is 19.5. The Kier molecular flexibility index (Phi) is 6.93. The van der Waals surface area contributed by atoms with Gasteiger partial charge in [0.05, 0.1) is 17.0 Å². The highest BCUT2D eigenvalue weighted by Gasteiger charge is 2.46. The number of para-hydroxylation sites is 1. The Hall–Kier alpha value is -2.29. The molecule has 0 radical (unpaired) electrons. The van der Waals surface area contributed by atoms with Crippen LogP contribution in [0.4, 0.5) is 5.69 Å². The van der Waals surface area contributed by atoms with E-state index in [0.29, 0.717) is 12.1 Å². The van der Waals surface area contributed by atoms with Crippen molar-refractivity contribution < 1.29 is 18.0 Å². The molecule has 0 bridgehead atoms. The van der Waals surface area contributed by atoms with Gasteiger partial charge in [-0.1, -0.05) is 45.8 Å². The van der Waals surface area contributed by atoms with Crippen LogP contribution in [0, 0.1) is 0 Å². The van der Waals surface area contributed by atoms with Crippen LogP contribution < -0.4 is 4.90 Å². The van der Waals surface area contributed by atoms with Gasteiger partial charge >= 0.3 is 0 Å². The van der Waals surface area contributed by atoms with E-state index in [1.807, 2.05) is 0 Å². The molecule has 0 spiro atoms. The molecular weight excluding hydrogens is 492 g/mol. The van der Waals surface area contributed by atoms with E-state index in [2.05, 4.69) is 22.0 Å². The summed E-state index contributed by atoms with van der Waals surface area (Å²) in [6.07, 6.45) is 6.74. The van der Waals surface area contributed by atoms with Crippen molar-refractivity contribution in [3.05, 3.63) is 70.7 Å². The number of hydrogen-bond acceptors (Lipinski definition) is 4. The SMILES string of the molecule is O=C1CC(N(CCC2=CCCCC2)S(=O)(=O)c2ccc(Br)cc2)C(=O)N1c1ccccc1. The lowest BCUT2D eigenvalue weighted by atomic mass is 9.97. The summed E-state index contributed by atoms with van der Waals surface area (Å²) >= 11 is 3.33. The molecule has 2 aromatic rings. The van der Waals surface area contributed by atoms with Crippen LogP contribution in [0.25, 0.3) is 0 Å². The largest absolute Gasteiger partial charge is 0.274 e. The van der Waals surface area contributed by atoms with Gasteiger partial charge in [-0.25, -0.2) is 13.3 Å². The number of benzene rings is 2. The first-order chi connectivity index (χ1) is 15.4. The molecule has 0 N–H and O–H groups in total. The van der Waals surface area contributed by atoms with E-state index in [1.54, 1.807) is 42.5 Å². The van der Waals surface area contributed by atoms with Gasteiger partial charge in [-0.05, 0) is 68.5 Å². The quantitative estimate of drug-likeness (QED) is 0.396. The molecular formula is C24H25BrN2O4S. The number of amides is 2. The van der Waals surface area contributed by atoms with Gasteiger partial charge in [0.2, 0.25) is 15.9 Å². The van der Waals surface area contributed by atoms with Gasteiger partial charge in [-0.15, -0.1) is 0 Å². The number of imide groups is 1. The van der Waals surface area contributed by atoms with E-state index < -0.39 is 22.0 Å². The van der Waals surface area contributed by atoms with E-state index in [9.17, 15) is 18.0 Å². The van der Waals surface area contributed by atoms with Gasteiger partial charge in [-0.2, -0.15) is 4.31 Å². The van der Waals surface area contributed by atoms with Crippen LogP contribution in [-0.4, -0.2) is 37.1 Å². The highest BCUT2D eigenvalue weighted by molar-refractivity contribution is 9.10. The third-order valence-electron chi connectivity index (χ3n) is 5.94. The smallest absolute Gasteiger partial charge is 0.252 e. The number of rotatable bonds is 7. The minimum atomic E-state index is -3.98. The lowest BCUT2D eigenvalue weighted by Gasteiger charge is -2.27. The molecule has 2 aromatic carbocycles. The van der Waals surface area contributed by atoms with E-state index in [0.717, 1.165) is 35.1 Å². The highest BCUT2D eigenvalue weighted by atomic mass is 79.9. The molecule has 1 heterocycles. The zero-order chi connectivity index (χ0) is 22.7. The average Bonchev–Trinajstić information content (AvgIpc) is 3.09. The summed E-state index contributed by atoms with van der Waals surface area (Å²) in [5.41, 5.74) is 1.67. The predicted molar refractivity (Wildman–Crippen MR) is 127 cm³/mol. The summed E-state index contributed by atoms with van der Waals surface area (Å²) in [7, 11) is -3.98. The molecule has 1 fully saturated rings. The molecule has 0 saturated carbocycles. The van der Waals surface area contributed by atoms with Crippen LogP contribution in [0.1, 0.15) is 38.5 Å². The molecule has 1 aliphatic heterocycles. The first-order valence-electron chi connectivity index (χ1n) is 10.7. The van der Waals surface area contributed by atoms with E-state index >= 15 is 0 Å². The minimum absolute atomic E-state index is 0.108. The molecule has 32 heavy (non-hydrogen) atoms. The first kappa shape index (κ1) is 22.9. The van der Waals surface area contributed by atoms with Gasteiger partial charge in [0.15, 0.2) is 0 Å². The molecule has 8 heteroatoms. The standard InChI is InChI=1S/C24H25BrN2O4S/c25-19-11-13-21(14-12-19)32(30,31)26(16-15-18-7-3-1-4-8-18)22-17-23(28)27(24(22)29)20-9-5-2-6-10-20/h2,5-7,9-14,22H,1,3-4,8,15-17H2. The Labute approximate surface area is 197 Å². The van der Waals surface area contributed by atoms with Crippen molar-refractivity contribution in [2.45, 2.75) is 49.5 Å². The van der Waals surface area contributed by atoms with Gasteiger partial charge < -0.3 is 0 Å². The summed E-state index contributed by atoms with van der Waals surface area (Å²) in [5.74, 6) is -0.890. The lowest BCUT2D eigenvalue weighted by Crippen LogP contribution is -2.46. The molecule has 1 aliphatic carbocycles. The number of carbonyl (C=O) groups is 2. The fraction of sp³-hybridized carbons (Fsp3) is 0.333. The number of nitrogens with zero attached hydrogens (tertiary/aromatic N) is 2. The van der Waals surface area contributed by atoms with Gasteiger partial charge in [0, 0.05) is 11.0 Å². The minimum Gasteiger partial charge on any atom is -0.274 e. The van der Waals surface area contributed by atoms with E-state index in [1.165, 1.54) is 22.0 Å². The maximum absolute atomic E-state index is 13.6. The van der Waals surface area contributed by atoms with Crippen LogP contribution in [0.5, 0.6) is 0 Å². The molecule has 0 aromatic heterocycles. The third kappa shape index (κ3) is 4.72. The van der Waals surface area contributed by atoms with E-state index in [-0.39, 0.29) is 23.8 Å². The number of anilines is 1. The first-order valence-corrected chi connectivity index (χ1v) is 13.0. The maximum Gasteiger partial charge on any atom is 0.252 e. The third-order valence-corrected chi connectivity index (χ3v) is 8.39. The van der Waals surface area contributed by atoms with Crippen molar-refractivity contribution in [2.75, 3.05) is 11.4 Å². The molecule has 1 unspecified atom stereocenters. The second-order valence-electron chi connectivity index (χ2n) is 8.05. The van der Waals surface area contributed by atoms with Crippen LogP contribution in [0.3, 0.4) is 0 Å². The second kappa shape index (κ2) is 9.68. The van der Waals surface area contributed by atoms with Crippen LogP contribution in [-0.2, 0) is 19.6 Å². The van der Waals surface area contributed by atoms with Crippen molar-refractivity contribution in [3.63, 3.8) is 0 Å². The number of carbonyl (C=O) groups excluding carboxylic acids is 2. The highest BCUT2D eigenvalue weighted by Crippen LogP contribution is 2.31. The Balaban J connectivity index is 1.67.